The van der Waals surface area contributed by atoms with Crippen LogP contribution in [0.15, 0.2) is 11.8 Å². The molecule has 1 heterocycles. The summed E-state index contributed by atoms with van der Waals surface area (Å²) in [5.41, 5.74) is 0.849. The quantitative estimate of drug-likeness (QED) is 0.586. The largest absolute Gasteiger partial charge is 0.322 e. The van der Waals surface area contributed by atoms with Crippen molar-refractivity contribution in [3.8, 4) is 0 Å². The third-order valence-electron chi connectivity index (χ3n) is 1.94. The molecule has 1 rings (SSSR count). The Morgan fingerprint density at radius 2 is 2.08 bits per heavy atom. The van der Waals surface area contributed by atoms with Crippen LogP contribution in [0.3, 0.4) is 0 Å². The van der Waals surface area contributed by atoms with Crippen molar-refractivity contribution in [3.63, 3.8) is 0 Å². The van der Waals surface area contributed by atoms with Crippen LogP contribution in [-0.4, -0.2) is 23.0 Å². The summed E-state index contributed by atoms with van der Waals surface area (Å²) in [6.07, 6.45) is 2.02. The van der Waals surface area contributed by atoms with Crippen molar-refractivity contribution in [2.24, 2.45) is 0 Å². The molecule has 12 heavy (non-hydrogen) atoms. The molecule has 0 saturated carbocycles. The van der Waals surface area contributed by atoms with Gasteiger partial charge in [0.2, 0.25) is 0 Å². The van der Waals surface area contributed by atoms with Crippen LogP contribution in [0.1, 0.15) is 27.7 Å². The topological polar surface area (TPSA) is 32.3 Å². The van der Waals surface area contributed by atoms with Gasteiger partial charge >= 0.3 is 6.03 Å². The van der Waals surface area contributed by atoms with Gasteiger partial charge in [-0.1, -0.05) is 0 Å². The lowest BCUT2D eigenvalue weighted by Crippen LogP contribution is -2.52. The molecule has 0 aromatic rings. The molecule has 0 bridgehead atoms. The molecule has 0 aromatic carbocycles. The standard InChI is InChI=1S/C9H16N2O/c1-7-5-6-11(8(12)10-7)9(2,3)4/h5H,6H2,1-4H3,(H,10,12). The van der Waals surface area contributed by atoms with E-state index in [4.69, 9.17) is 0 Å². The van der Waals surface area contributed by atoms with Gasteiger partial charge in [0.05, 0.1) is 0 Å². The Hall–Kier alpha value is -0.990. The maximum Gasteiger partial charge on any atom is 0.322 e. The van der Waals surface area contributed by atoms with Gasteiger partial charge in [-0.25, -0.2) is 4.79 Å². The third-order valence-corrected chi connectivity index (χ3v) is 1.94. The smallest absolute Gasteiger partial charge is 0.316 e. The van der Waals surface area contributed by atoms with Crippen LogP contribution >= 0.6 is 0 Å². The Labute approximate surface area is 73.4 Å². The van der Waals surface area contributed by atoms with Gasteiger partial charge in [0.15, 0.2) is 0 Å². The number of rotatable bonds is 0. The monoisotopic (exact) mass is 168 g/mol. The highest BCUT2D eigenvalue weighted by Crippen LogP contribution is 2.16. The Balaban J connectivity index is 2.77. The number of carbonyl (C=O) groups excluding carboxylic acids is 1. The maximum atomic E-state index is 11.4. The van der Waals surface area contributed by atoms with E-state index in [1.165, 1.54) is 0 Å². The Morgan fingerprint density at radius 1 is 1.50 bits per heavy atom. The van der Waals surface area contributed by atoms with Gasteiger partial charge < -0.3 is 10.2 Å². The predicted molar refractivity (Wildman–Crippen MR) is 48.7 cm³/mol. The molecule has 3 nitrogen and oxygen atoms in total. The zero-order chi connectivity index (χ0) is 9.35. The van der Waals surface area contributed by atoms with E-state index in [0.29, 0.717) is 6.54 Å². The van der Waals surface area contributed by atoms with Crippen LogP contribution in [0.25, 0.3) is 0 Å². The Morgan fingerprint density at radius 3 is 2.50 bits per heavy atom. The van der Waals surface area contributed by atoms with E-state index in [9.17, 15) is 4.79 Å². The highest BCUT2D eigenvalue weighted by molar-refractivity contribution is 5.78. The normalized spacial score (nSPS) is 18.8. The number of allylic oxidation sites excluding steroid dienone is 1. The lowest BCUT2D eigenvalue weighted by Gasteiger charge is -2.37. The van der Waals surface area contributed by atoms with Crippen LogP contribution in [0.4, 0.5) is 4.79 Å². The molecule has 0 radical (unpaired) electrons. The van der Waals surface area contributed by atoms with Crippen molar-refractivity contribution >= 4 is 6.03 Å². The van der Waals surface area contributed by atoms with Crippen molar-refractivity contribution in [2.45, 2.75) is 33.2 Å². The molecular weight excluding hydrogens is 152 g/mol. The molecule has 3 heteroatoms. The molecule has 0 fully saturated rings. The molecule has 68 valence electrons. The van der Waals surface area contributed by atoms with Gasteiger partial charge in [-0.2, -0.15) is 0 Å². The van der Waals surface area contributed by atoms with Gasteiger partial charge in [-0.05, 0) is 33.8 Å². The first-order valence-corrected chi connectivity index (χ1v) is 4.16. The number of urea groups is 1. The van der Waals surface area contributed by atoms with Crippen molar-refractivity contribution in [1.82, 2.24) is 10.2 Å². The fourth-order valence-electron chi connectivity index (χ4n) is 1.18. The summed E-state index contributed by atoms with van der Waals surface area (Å²) in [4.78, 5) is 13.2. The second-order valence-corrected chi connectivity index (χ2v) is 4.10. The Bertz CT molecular complexity index is 225. The number of hydrogen-bond acceptors (Lipinski definition) is 1. The molecule has 0 aromatic heterocycles. The summed E-state index contributed by atoms with van der Waals surface area (Å²) in [7, 11) is 0. The molecular formula is C9H16N2O. The molecule has 1 aliphatic heterocycles. The number of nitrogens with one attached hydrogen (secondary N) is 1. The van der Waals surface area contributed by atoms with E-state index in [2.05, 4.69) is 5.32 Å². The zero-order valence-electron chi connectivity index (χ0n) is 8.14. The van der Waals surface area contributed by atoms with Gasteiger partial charge in [-0.15, -0.1) is 0 Å². The van der Waals surface area contributed by atoms with Crippen molar-refractivity contribution < 1.29 is 4.79 Å². The molecule has 0 atom stereocenters. The van der Waals surface area contributed by atoms with Crippen molar-refractivity contribution in [3.05, 3.63) is 11.8 Å². The van der Waals surface area contributed by atoms with Crippen molar-refractivity contribution in [2.75, 3.05) is 6.54 Å². The number of amides is 2. The summed E-state index contributed by atoms with van der Waals surface area (Å²) in [6, 6.07) is 0.00231. The third kappa shape index (κ3) is 1.78. The average molecular weight is 168 g/mol. The van der Waals surface area contributed by atoms with E-state index in [0.717, 1.165) is 5.70 Å². The SMILES string of the molecule is CC1=CCN(C(C)(C)C)C(=O)N1. The average Bonchev–Trinajstić information content (AvgIpc) is 1.83. The maximum absolute atomic E-state index is 11.4. The van der Waals surface area contributed by atoms with Crippen LogP contribution in [0.2, 0.25) is 0 Å². The minimum atomic E-state index is -0.0959. The molecule has 0 aliphatic carbocycles. The minimum Gasteiger partial charge on any atom is -0.316 e. The summed E-state index contributed by atoms with van der Waals surface area (Å²) in [6.45, 7) is 8.70. The van der Waals surface area contributed by atoms with E-state index in [1.54, 1.807) is 4.90 Å². The zero-order valence-corrected chi connectivity index (χ0v) is 8.14. The van der Waals surface area contributed by atoms with E-state index in [-0.39, 0.29) is 11.6 Å². The van der Waals surface area contributed by atoms with E-state index in [1.807, 2.05) is 33.8 Å². The van der Waals surface area contributed by atoms with Crippen LogP contribution in [0, 0.1) is 0 Å². The van der Waals surface area contributed by atoms with Crippen LogP contribution in [-0.2, 0) is 0 Å². The lowest BCUT2D eigenvalue weighted by molar-refractivity contribution is 0.153. The summed E-state index contributed by atoms with van der Waals surface area (Å²) in [5, 5.41) is 2.78. The van der Waals surface area contributed by atoms with Gasteiger partial charge in [-0.3, -0.25) is 0 Å². The minimum absolute atomic E-state index is 0.00231. The van der Waals surface area contributed by atoms with Gasteiger partial charge in [0.1, 0.15) is 0 Å². The van der Waals surface area contributed by atoms with Crippen LogP contribution < -0.4 is 5.32 Å². The first kappa shape index (κ1) is 9.10. The molecule has 1 N–H and O–H groups in total. The number of nitrogens with zero attached hydrogens (tertiary/aromatic N) is 1. The highest BCUT2D eigenvalue weighted by Gasteiger charge is 2.27. The Kier molecular flexibility index (Phi) is 2.13. The molecule has 0 unspecified atom stereocenters. The molecule has 0 saturated heterocycles. The summed E-state index contributed by atoms with van der Waals surface area (Å²) >= 11 is 0. The van der Waals surface area contributed by atoms with E-state index >= 15 is 0 Å². The first-order chi connectivity index (χ1) is 5.41. The second kappa shape index (κ2) is 2.81. The highest BCUT2D eigenvalue weighted by atomic mass is 16.2. The van der Waals surface area contributed by atoms with Crippen LogP contribution in [0.5, 0.6) is 0 Å². The second-order valence-electron chi connectivity index (χ2n) is 4.10. The van der Waals surface area contributed by atoms with Gasteiger partial charge in [0, 0.05) is 17.8 Å². The summed E-state index contributed by atoms with van der Waals surface area (Å²) in [5.74, 6) is 0. The predicted octanol–water partition coefficient (Wildman–Crippen LogP) is 1.71. The lowest BCUT2D eigenvalue weighted by atomic mass is 10.1. The molecule has 2 amide bonds. The summed E-state index contributed by atoms with van der Waals surface area (Å²) < 4.78 is 0. The number of carbonyl (C=O) groups is 1. The molecule has 0 spiro atoms. The fourth-order valence-corrected chi connectivity index (χ4v) is 1.18. The molecule has 1 aliphatic rings. The first-order valence-electron chi connectivity index (χ1n) is 4.16. The van der Waals surface area contributed by atoms with Crippen molar-refractivity contribution in [1.29, 1.82) is 0 Å². The fraction of sp³-hybridized carbons (Fsp3) is 0.667. The number of hydrogen-bond donors (Lipinski definition) is 1. The van der Waals surface area contributed by atoms with Gasteiger partial charge in [0.25, 0.3) is 0 Å². The van der Waals surface area contributed by atoms with E-state index < -0.39 is 0 Å².